The maximum absolute atomic E-state index is 13.8. The number of hydrogen-bond acceptors (Lipinski definition) is 3. The number of nitrogens with two attached hydrogens (primary N) is 1. The van der Waals surface area contributed by atoms with Gasteiger partial charge >= 0.3 is 0 Å². The van der Waals surface area contributed by atoms with Gasteiger partial charge < -0.3 is 10.5 Å². The maximum atomic E-state index is 13.8. The molecule has 1 aliphatic heterocycles. The first kappa shape index (κ1) is 14.4. The fourth-order valence-corrected chi connectivity index (χ4v) is 2.90. The van der Waals surface area contributed by atoms with E-state index in [9.17, 15) is 9.18 Å². The molecule has 0 atom stereocenters. The minimum absolute atomic E-state index is 0.139. The zero-order valence-corrected chi connectivity index (χ0v) is 12.9. The number of ether oxygens (including phenoxy) is 1. The number of fused-ring (bicyclic) bond motifs is 3. The summed E-state index contributed by atoms with van der Waals surface area (Å²) >= 11 is 0. The molecular weight excluding hydrogens is 309 g/mol. The third-order valence-electron chi connectivity index (χ3n) is 4.06. The predicted molar refractivity (Wildman–Crippen MR) is 86.5 cm³/mol. The molecule has 3 aromatic rings. The summed E-state index contributed by atoms with van der Waals surface area (Å²) in [6, 6.07) is 12.0. The van der Waals surface area contributed by atoms with Crippen molar-refractivity contribution in [2.24, 2.45) is 5.73 Å². The fraction of sp³-hybridized carbons (Fsp3) is 0.111. The minimum Gasteiger partial charge on any atom is -0.488 e. The van der Waals surface area contributed by atoms with Crippen molar-refractivity contribution < 1.29 is 13.9 Å². The Hall–Kier alpha value is -3.15. The van der Waals surface area contributed by atoms with E-state index >= 15 is 0 Å². The number of carbonyl (C=O) groups excluding carboxylic acids is 1. The number of aryl methyl sites for hydroxylation is 1. The second-order valence-corrected chi connectivity index (χ2v) is 5.72. The van der Waals surface area contributed by atoms with Gasteiger partial charge in [-0.25, -0.2) is 9.07 Å². The third-order valence-corrected chi connectivity index (χ3v) is 4.06. The molecule has 0 spiro atoms. The zero-order valence-electron chi connectivity index (χ0n) is 12.9. The van der Waals surface area contributed by atoms with Gasteiger partial charge in [-0.3, -0.25) is 4.79 Å². The van der Waals surface area contributed by atoms with Gasteiger partial charge in [-0.15, -0.1) is 0 Å². The van der Waals surface area contributed by atoms with Gasteiger partial charge in [0, 0.05) is 11.1 Å². The van der Waals surface area contributed by atoms with E-state index in [2.05, 4.69) is 5.10 Å². The van der Waals surface area contributed by atoms with Crippen molar-refractivity contribution >= 4 is 5.91 Å². The highest BCUT2D eigenvalue weighted by atomic mass is 19.1. The molecule has 0 saturated carbocycles. The topological polar surface area (TPSA) is 70.1 Å². The molecule has 0 unspecified atom stereocenters. The Morgan fingerprint density at radius 1 is 1.25 bits per heavy atom. The smallest absolute Gasteiger partial charge is 0.269 e. The zero-order chi connectivity index (χ0) is 16.8. The largest absolute Gasteiger partial charge is 0.488 e. The molecule has 2 heterocycles. The first-order chi connectivity index (χ1) is 11.5. The number of nitrogens with zero attached hydrogens (tertiary/aromatic N) is 2. The van der Waals surface area contributed by atoms with E-state index < -0.39 is 5.91 Å². The summed E-state index contributed by atoms with van der Waals surface area (Å²) in [6.45, 7) is 2.15. The molecule has 1 aromatic heterocycles. The number of primary amides is 1. The molecule has 2 aromatic carbocycles. The average Bonchev–Trinajstić information content (AvgIpc) is 2.96. The maximum Gasteiger partial charge on any atom is 0.269 e. The number of amides is 1. The van der Waals surface area contributed by atoms with Crippen molar-refractivity contribution in [2.75, 3.05) is 0 Å². The molecule has 0 saturated heterocycles. The van der Waals surface area contributed by atoms with Crippen molar-refractivity contribution in [1.29, 1.82) is 0 Å². The number of carbonyl (C=O) groups is 1. The summed E-state index contributed by atoms with van der Waals surface area (Å²) < 4.78 is 21.0. The normalized spacial score (nSPS) is 12.2. The molecule has 2 N–H and O–H groups in total. The second kappa shape index (κ2) is 5.19. The van der Waals surface area contributed by atoms with Crippen LogP contribution in [0.25, 0.3) is 16.9 Å². The summed E-state index contributed by atoms with van der Waals surface area (Å²) in [4.78, 5) is 11.8. The average molecular weight is 323 g/mol. The van der Waals surface area contributed by atoms with Gasteiger partial charge in [-0.2, -0.15) is 5.10 Å². The lowest BCUT2D eigenvalue weighted by atomic mass is 10.0. The molecule has 4 rings (SSSR count). The van der Waals surface area contributed by atoms with E-state index in [4.69, 9.17) is 10.5 Å². The first-order valence-electron chi connectivity index (χ1n) is 7.46. The molecule has 0 fully saturated rings. The highest BCUT2D eigenvalue weighted by Gasteiger charge is 2.29. The highest BCUT2D eigenvalue weighted by Crippen LogP contribution is 2.40. The van der Waals surface area contributed by atoms with Gasteiger partial charge in [0.25, 0.3) is 5.91 Å². The van der Waals surface area contributed by atoms with Crippen molar-refractivity contribution in [3.8, 4) is 22.7 Å². The molecule has 6 heteroatoms. The van der Waals surface area contributed by atoms with Gasteiger partial charge in [0.2, 0.25) is 0 Å². The Balaban J connectivity index is 2.02. The molecular formula is C18H14FN3O2. The number of benzene rings is 2. The molecule has 5 nitrogen and oxygen atoms in total. The molecule has 0 aliphatic carbocycles. The van der Waals surface area contributed by atoms with E-state index in [1.54, 1.807) is 10.7 Å². The summed E-state index contributed by atoms with van der Waals surface area (Å²) in [6.07, 6.45) is 0. The van der Waals surface area contributed by atoms with Crippen molar-refractivity contribution in [3.63, 3.8) is 0 Å². The van der Waals surface area contributed by atoms with Gasteiger partial charge in [-0.05, 0) is 37.3 Å². The van der Waals surface area contributed by atoms with E-state index in [-0.39, 0.29) is 18.1 Å². The van der Waals surface area contributed by atoms with E-state index in [1.165, 1.54) is 12.1 Å². The number of hydrogen-bond donors (Lipinski definition) is 1. The summed E-state index contributed by atoms with van der Waals surface area (Å²) in [5.41, 5.74) is 9.22. The standard InChI is InChI=1S/C18H14FN3O2/c1-10-2-5-12(6-3-10)22-17-13-8-11(19)4-7-15(13)24-9-14(17)16(21-22)18(20)23/h2-8H,9H2,1H3,(H2,20,23). The summed E-state index contributed by atoms with van der Waals surface area (Å²) in [7, 11) is 0. The van der Waals surface area contributed by atoms with Crippen LogP contribution in [0.1, 0.15) is 21.6 Å². The Morgan fingerprint density at radius 2 is 2.00 bits per heavy atom. The minimum atomic E-state index is -0.638. The van der Waals surface area contributed by atoms with Crippen LogP contribution in [0.15, 0.2) is 42.5 Å². The molecule has 24 heavy (non-hydrogen) atoms. The number of halogens is 1. The van der Waals surface area contributed by atoms with Crippen LogP contribution in [-0.4, -0.2) is 15.7 Å². The lowest BCUT2D eigenvalue weighted by Gasteiger charge is -2.19. The second-order valence-electron chi connectivity index (χ2n) is 5.72. The summed E-state index contributed by atoms with van der Waals surface area (Å²) in [5.74, 6) is -0.476. The Bertz CT molecular complexity index is 961. The van der Waals surface area contributed by atoms with Crippen molar-refractivity contribution in [2.45, 2.75) is 13.5 Å². The van der Waals surface area contributed by atoms with Crippen LogP contribution in [0.2, 0.25) is 0 Å². The fourth-order valence-electron chi connectivity index (χ4n) is 2.90. The van der Waals surface area contributed by atoms with Gasteiger partial charge in [0.15, 0.2) is 5.69 Å². The quantitative estimate of drug-likeness (QED) is 0.788. The third kappa shape index (κ3) is 2.15. The molecule has 1 amide bonds. The van der Waals surface area contributed by atoms with E-state index in [1.807, 2.05) is 31.2 Å². The van der Waals surface area contributed by atoms with Crippen LogP contribution < -0.4 is 10.5 Å². The van der Waals surface area contributed by atoms with Crippen LogP contribution in [-0.2, 0) is 6.61 Å². The molecule has 120 valence electrons. The molecule has 0 radical (unpaired) electrons. The highest BCUT2D eigenvalue weighted by molar-refractivity contribution is 5.95. The van der Waals surface area contributed by atoms with Crippen LogP contribution in [0.4, 0.5) is 4.39 Å². The number of rotatable bonds is 2. The van der Waals surface area contributed by atoms with E-state index in [0.717, 1.165) is 11.3 Å². The van der Waals surface area contributed by atoms with Crippen LogP contribution in [0, 0.1) is 12.7 Å². The van der Waals surface area contributed by atoms with Crippen LogP contribution >= 0.6 is 0 Å². The lowest BCUT2D eigenvalue weighted by Crippen LogP contribution is -2.16. The van der Waals surface area contributed by atoms with Crippen LogP contribution in [0.5, 0.6) is 5.75 Å². The Morgan fingerprint density at radius 3 is 2.71 bits per heavy atom. The SMILES string of the molecule is Cc1ccc(-n2nc(C(N)=O)c3c2-c2cc(F)ccc2OC3)cc1. The Kier molecular flexibility index (Phi) is 3.13. The Labute approximate surface area is 137 Å². The van der Waals surface area contributed by atoms with Crippen LogP contribution in [0.3, 0.4) is 0 Å². The summed E-state index contributed by atoms with van der Waals surface area (Å²) in [5, 5.41) is 4.36. The first-order valence-corrected chi connectivity index (χ1v) is 7.46. The van der Waals surface area contributed by atoms with Crippen molar-refractivity contribution in [3.05, 3.63) is 65.1 Å². The lowest BCUT2D eigenvalue weighted by molar-refractivity contribution is 0.0992. The van der Waals surface area contributed by atoms with Gasteiger partial charge in [0.1, 0.15) is 18.2 Å². The molecule has 0 bridgehead atoms. The van der Waals surface area contributed by atoms with Crippen molar-refractivity contribution in [1.82, 2.24) is 9.78 Å². The number of aromatic nitrogens is 2. The van der Waals surface area contributed by atoms with E-state index in [0.29, 0.717) is 22.6 Å². The monoisotopic (exact) mass is 323 g/mol. The predicted octanol–water partition coefficient (Wildman–Crippen LogP) is 2.98. The van der Waals surface area contributed by atoms with Gasteiger partial charge in [0.05, 0.1) is 11.4 Å². The van der Waals surface area contributed by atoms with Gasteiger partial charge in [-0.1, -0.05) is 17.7 Å². The molecule has 1 aliphatic rings.